The lowest BCUT2D eigenvalue weighted by atomic mass is 9.97. The van der Waals surface area contributed by atoms with Crippen molar-refractivity contribution in [3.05, 3.63) is 114 Å². The number of halogens is 2. The lowest BCUT2D eigenvalue weighted by molar-refractivity contribution is -0.114. The summed E-state index contributed by atoms with van der Waals surface area (Å²) in [4.78, 5) is 19.7. The third-order valence-corrected chi connectivity index (χ3v) is 7.09. The third kappa shape index (κ3) is 8.69. The molecular formula is C34H38F2N4O. The Bertz CT molecular complexity index is 1420. The molecule has 1 fully saturated rings. The number of alkyl halides is 2. The van der Waals surface area contributed by atoms with Gasteiger partial charge < -0.3 is 11.1 Å². The van der Waals surface area contributed by atoms with Gasteiger partial charge in [0.1, 0.15) is 0 Å². The van der Waals surface area contributed by atoms with Gasteiger partial charge in [0.05, 0.1) is 0 Å². The van der Waals surface area contributed by atoms with E-state index in [1.165, 1.54) is 0 Å². The van der Waals surface area contributed by atoms with Gasteiger partial charge in [-0.25, -0.2) is 8.78 Å². The zero-order valence-corrected chi connectivity index (χ0v) is 23.7. The molecule has 2 heterocycles. The lowest BCUT2D eigenvalue weighted by Crippen LogP contribution is -2.38. The van der Waals surface area contributed by atoms with Crippen LogP contribution >= 0.6 is 0 Å². The first kappa shape index (κ1) is 29.9. The van der Waals surface area contributed by atoms with Crippen LogP contribution in [-0.2, 0) is 17.8 Å². The van der Waals surface area contributed by atoms with Gasteiger partial charge in [0, 0.05) is 73.0 Å². The molecule has 0 atom stereocenters. The van der Waals surface area contributed by atoms with Crippen LogP contribution in [0, 0.1) is 5.92 Å². The molecule has 5 nitrogen and oxygen atoms in total. The summed E-state index contributed by atoms with van der Waals surface area (Å²) in [5, 5.41) is 3.00. The predicted octanol–water partition coefficient (Wildman–Crippen LogP) is 7.03. The number of carbonyl (C=O) groups excluding carboxylic acids is 1. The SMILES string of the molecule is C=C(C(=O)NC(/C=C\C(C)C)=C/Cc1ccccc1)c1cc(-c2cncc(CN3CCC(F)(F)CC3)c2)ccc1N. The first-order chi connectivity index (χ1) is 19.6. The monoisotopic (exact) mass is 556 g/mol. The number of amides is 1. The molecule has 7 heteroatoms. The molecule has 0 radical (unpaired) electrons. The summed E-state index contributed by atoms with van der Waals surface area (Å²) in [6.45, 7) is 9.48. The van der Waals surface area contributed by atoms with E-state index in [0.717, 1.165) is 22.3 Å². The smallest absolute Gasteiger partial charge is 0.255 e. The second-order valence-corrected chi connectivity index (χ2v) is 10.9. The zero-order valence-electron chi connectivity index (χ0n) is 23.7. The normalized spacial score (nSPS) is 15.8. The number of nitrogens with zero attached hydrogens (tertiary/aromatic N) is 2. The fraction of sp³-hybridized carbons (Fsp3) is 0.294. The molecule has 41 heavy (non-hydrogen) atoms. The molecule has 0 unspecified atom stereocenters. The van der Waals surface area contributed by atoms with Gasteiger partial charge in [-0.3, -0.25) is 14.7 Å². The first-order valence-electron chi connectivity index (χ1n) is 14.0. The number of aromatic nitrogens is 1. The molecule has 214 valence electrons. The second kappa shape index (κ2) is 13.5. The number of rotatable bonds is 10. The number of anilines is 1. The van der Waals surface area contributed by atoms with Crippen molar-refractivity contribution in [1.82, 2.24) is 15.2 Å². The largest absolute Gasteiger partial charge is 0.398 e. The van der Waals surface area contributed by atoms with Crippen molar-refractivity contribution in [1.29, 1.82) is 0 Å². The van der Waals surface area contributed by atoms with Crippen molar-refractivity contribution in [3.8, 4) is 11.1 Å². The maximum Gasteiger partial charge on any atom is 0.255 e. The van der Waals surface area contributed by atoms with Crippen molar-refractivity contribution >= 4 is 17.2 Å². The van der Waals surface area contributed by atoms with Crippen LogP contribution in [0.5, 0.6) is 0 Å². The van der Waals surface area contributed by atoms with Crippen LogP contribution < -0.4 is 11.1 Å². The van der Waals surface area contributed by atoms with Crippen LogP contribution in [0.3, 0.4) is 0 Å². The number of nitrogen functional groups attached to an aromatic ring is 1. The van der Waals surface area contributed by atoms with Gasteiger partial charge in [0.2, 0.25) is 0 Å². The number of benzene rings is 2. The van der Waals surface area contributed by atoms with Gasteiger partial charge in [0.25, 0.3) is 11.8 Å². The van der Waals surface area contributed by atoms with Crippen LogP contribution in [0.1, 0.15) is 43.4 Å². The van der Waals surface area contributed by atoms with Crippen molar-refractivity contribution < 1.29 is 13.6 Å². The predicted molar refractivity (Wildman–Crippen MR) is 163 cm³/mol. The summed E-state index contributed by atoms with van der Waals surface area (Å²) in [7, 11) is 0. The molecule has 2 aromatic carbocycles. The van der Waals surface area contributed by atoms with E-state index in [-0.39, 0.29) is 24.3 Å². The number of piperidine rings is 1. The van der Waals surface area contributed by atoms with E-state index in [9.17, 15) is 13.6 Å². The first-order valence-corrected chi connectivity index (χ1v) is 14.0. The number of hydrogen-bond acceptors (Lipinski definition) is 4. The Balaban J connectivity index is 1.50. The fourth-order valence-corrected chi connectivity index (χ4v) is 4.65. The minimum Gasteiger partial charge on any atom is -0.398 e. The molecule has 0 spiro atoms. The van der Waals surface area contributed by atoms with Crippen molar-refractivity contribution in [2.75, 3.05) is 18.8 Å². The second-order valence-electron chi connectivity index (χ2n) is 10.9. The molecular weight excluding hydrogens is 518 g/mol. The molecule has 1 aliphatic heterocycles. The molecule has 1 aromatic heterocycles. The molecule has 0 aliphatic carbocycles. The highest BCUT2D eigenvalue weighted by Gasteiger charge is 2.33. The lowest BCUT2D eigenvalue weighted by Gasteiger charge is -2.31. The number of carbonyl (C=O) groups is 1. The Labute approximate surface area is 241 Å². The molecule has 3 aromatic rings. The molecule has 0 saturated carbocycles. The summed E-state index contributed by atoms with van der Waals surface area (Å²) >= 11 is 0. The van der Waals surface area contributed by atoms with Crippen LogP contribution in [0.25, 0.3) is 16.7 Å². The van der Waals surface area contributed by atoms with Gasteiger partial charge in [-0.1, -0.05) is 69.0 Å². The number of allylic oxidation sites excluding steroid dienone is 3. The van der Waals surface area contributed by atoms with E-state index >= 15 is 0 Å². The maximum atomic E-state index is 13.6. The molecule has 3 N–H and O–H groups in total. The molecule has 1 aliphatic rings. The Morgan fingerprint density at radius 1 is 1.07 bits per heavy atom. The van der Waals surface area contributed by atoms with Gasteiger partial charge in [-0.05, 0) is 53.3 Å². The summed E-state index contributed by atoms with van der Waals surface area (Å²) in [6.07, 6.45) is 9.86. The summed E-state index contributed by atoms with van der Waals surface area (Å²) in [5.74, 6) is -2.59. The van der Waals surface area contributed by atoms with Gasteiger partial charge in [0.15, 0.2) is 0 Å². The Morgan fingerprint density at radius 2 is 1.80 bits per heavy atom. The molecule has 4 rings (SSSR count). The van der Waals surface area contributed by atoms with Gasteiger partial charge in [-0.15, -0.1) is 0 Å². The zero-order chi connectivity index (χ0) is 29.4. The van der Waals surface area contributed by atoms with E-state index in [4.69, 9.17) is 5.73 Å². The average molecular weight is 557 g/mol. The quantitative estimate of drug-likeness (QED) is 0.160. The van der Waals surface area contributed by atoms with Crippen LogP contribution in [0.2, 0.25) is 0 Å². The van der Waals surface area contributed by atoms with Crippen LogP contribution in [0.4, 0.5) is 14.5 Å². The maximum absolute atomic E-state index is 13.6. The van der Waals surface area contributed by atoms with Crippen LogP contribution in [-0.4, -0.2) is 34.8 Å². The highest BCUT2D eigenvalue weighted by atomic mass is 19.3. The van der Waals surface area contributed by atoms with Crippen molar-refractivity contribution in [3.63, 3.8) is 0 Å². The van der Waals surface area contributed by atoms with E-state index in [1.54, 1.807) is 18.5 Å². The number of likely N-dealkylation sites (tertiary alicyclic amines) is 1. The van der Waals surface area contributed by atoms with Crippen LogP contribution in [0.15, 0.2) is 97.5 Å². The summed E-state index contributed by atoms with van der Waals surface area (Å²) < 4.78 is 27.1. The number of pyridine rings is 1. The van der Waals surface area contributed by atoms with Crippen molar-refractivity contribution in [2.45, 2.75) is 45.6 Å². The topological polar surface area (TPSA) is 71.2 Å². The Hall–Kier alpha value is -4.10. The Kier molecular flexibility index (Phi) is 9.84. The molecule has 0 bridgehead atoms. The molecule has 1 amide bonds. The third-order valence-electron chi connectivity index (χ3n) is 7.09. The Morgan fingerprint density at radius 3 is 2.51 bits per heavy atom. The summed E-state index contributed by atoms with van der Waals surface area (Å²) in [6, 6.07) is 17.5. The minimum absolute atomic E-state index is 0.123. The van der Waals surface area contributed by atoms with E-state index in [1.807, 2.05) is 71.7 Å². The minimum atomic E-state index is -2.57. The number of nitrogens with one attached hydrogen (secondary N) is 1. The fourth-order valence-electron chi connectivity index (χ4n) is 4.65. The highest BCUT2D eigenvalue weighted by Crippen LogP contribution is 2.30. The van der Waals surface area contributed by atoms with Gasteiger partial charge >= 0.3 is 0 Å². The van der Waals surface area contributed by atoms with E-state index in [0.29, 0.717) is 48.9 Å². The summed E-state index contributed by atoms with van der Waals surface area (Å²) in [5.41, 5.74) is 12.0. The van der Waals surface area contributed by atoms with Crippen molar-refractivity contribution in [2.24, 2.45) is 5.92 Å². The van der Waals surface area contributed by atoms with E-state index < -0.39 is 5.92 Å². The average Bonchev–Trinajstić information content (AvgIpc) is 2.96. The molecule has 1 saturated heterocycles. The van der Waals surface area contributed by atoms with Gasteiger partial charge in [-0.2, -0.15) is 0 Å². The van der Waals surface area contributed by atoms with E-state index in [2.05, 4.69) is 30.7 Å². The highest BCUT2D eigenvalue weighted by molar-refractivity contribution is 6.20. The standard InChI is InChI=1S/C34H38F2N4O/c1-24(2)9-12-30(13-10-26-7-5-4-6-8-26)39-33(41)25(3)31-20-28(11-14-32(31)37)29-19-27(21-38-22-29)23-40-17-15-34(35,36)16-18-40/h4-9,11-14,19-22,24H,3,10,15-18,23,37H2,1-2H3,(H,39,41)/b12-9-,30-13+. The number of hydrogen-bond donors (Lipinski definition) is 2. The number of nitrogens with two attached hydrogens (primary N) is 1.